The van der Waals surface area contributed by atoms with Gasteiger partial charge in [0, 0.05) is 19.7 Å². The number of amides is 2. The van der Waals surface area contributed by atoms with E-state index >= 15 is 0 Å². The fourth-order valence-electron chi connectivity index (χ4n) is 3.42. The first-order chi connectivity index (χ1) is 11.1. The Labute approximate surface area is 145 Å². The minimum absolute atomic E-state index is 0.0890. The molecule has 2 unspecified atom stereocenters. The first kappa shape index (κ1) is 19.0. The summed E-state index contributed by atoms with van der Waals surface area (Å²) in [7, 11) is 0. The van der Waals surface area contributed by atoms with Crippen molar-refractivity contribution < 1.29 is 19.1 Å². The summed E-state index contributed by atoms with van der Waals surface area (Å²) < 4.78 is 10.9. The molecule has 0 aromatic rings. The second kappa shape index (κ2) is 7.30. The third kappa shape index (κ3) is 4.85. The van der Waals surface area contributed by atoms with Gasteiger partial charge in [0.05, 0.1) is 6.61 Å². The number of rotatable bonds is 3. The van der Waals surface area contributed by atoms with E-state index in [0.29, 0.717) is 25.6 Å². The van der Waals surface area contributed by atoms with E-state index in [2.05, 4.69) is 5.32 Å². The molecule has 6 nitrogen and oxygen atoms in total. The van der Waals surface area contributed by atoms with Crippen molar-refractivity contribution in [2.24, 2.45) is 11.3 Å². The summed E-state index contributed by atoms with van der Waals surface area (Å²) in [4.78, 5) is 26.8. The second-order valence-electron chi connectivity index (χ2n) is 8.64. The first-order valence-corrected chi connectivity index (χ1v) is 8.95. The molecule has 0 saturated carbocycles. The van der Waals surface area contributed by atoms with Gasteiger partial charge in [-0.05, 0) is 51.4 Å². The van der Waals surface area contributed by atoms with Crippen LogP contribution >= 0.6 is 0 Å². The summed E-state index contributed by atoms with van der Waals surface area (Å²) in [5.74, 6) is 0.274. The van der Waals surface area contributed by atoms with Crippen molar-refractivity contribution in [3.8, 4) is 0 Å². The number of likely N-dealkylation sites (tertiary alicyclic amines) is 1. The average Bonchev–Trinajstić information content (AvgIpc) is 2.80. The zero-order valence-corrected chi connectivity index (χ0v) is 15.7. The molecule has 0 bridgehead atoms. The van der Waals surface area contributed by atoms with E-state index in [9.17, 15) is 9.59 Å². The molecule has 2 rings (SSSR count). The molecule has 2 atom stereocenters. The number of carbonyl (C=O) groups excluding carboxylic acids is 2. The van der Waals surface area contributed by atoms with Crippen molar-refractivity contribution in [3.63, 3.8) is 0 Å². The summed E-state index contributed by atoms with van der Waals surface area (Å²) in [6, 6.07) is -0.489. The van der Waals surface area contributed by atoms with Gasteiger partial charge in [-0.3, -0.25) is 9.69 Å². The Bertz CT molecular complexity index is 464. The minimum Gasteiger partial charge on any atom is -0.444 e. The third-order valence-electron chi connectivity index (χ3n) is 4.74. The van der Waals surface area contributed by atoms with Crippen molar-refractivity contribution in [1.82, 2.24) is 10.2 Å². The Hall–Kier alpha value is -1.30. The molecule has 2 fully saturated rings. The van der Waals surface area contributed by atoms with E-state index in [1.54, 1.807) is 4.90 Å². The van der Waals surface area contributed by atoms with Crippen LogP contribution < -0.4 is 5.32 Å². The topological polar surface area (TPSA) is 67.9 Å². The summed E-state index contributed by atoms with van der Waals surface area (Å²) in [5, 5.41) is 3.03. The van der Waals surface area contributed by atoms with Gasteiger partial charge < -0.3 is 14.8 Å². The van der Waals surface area contributed by atoms with Crippen LogP contribution in [-0.4, -0.2) is 54.8 Å². The van der Waals surface area contributed by atoms with Gasteiger partial charge in [-0.1, -0.05) is 13.8 Å². The standard InChI is InChI=1S/C18H32N2O4/c1-17(2,3)24-16(22)20-9-8-18(4,5)14(20)15(21)19-11-13-7-6-10-23-12-13/h13-14H,6-12H2,1-5H3,(H,19,21). The lowest BCUT2D eigenvalue weighted by Crippen LogP contribution is -2.53. The molecule has 0 aliphatic carbocycles. The van der Waals surface area contributed by atoms with E-state index in [1.807, 2.05) is 34.6 Å². The van der Waals surface area contributed by atoms with Gasteiger partial charge in [0.15, 0.2) is 0 Å². The molecule has 0 aromatic carbocycles. The number of nitrogens with one attached hydrogen (secondary N) is 1. The molecule has 138 valence electrons. The Balaban J connectivity index is 1.99. The van der Waals surface area contributed by atoms with Crippen LogP contribution in [0.5, 0.6) is 0 Å². The van der Waals surface area contributed by atoms with Gasteiger partial charge in [0.25, 0.3) is 0 Å². The van der Waals surface area contributed by atoms with Crippen molar-refractivity contribution >= 4 is 12.0 Å². The zero-order chi connectivity index (χ0) is 18.0. The van der Waals surface area contributed by atoms with Crippen molar-refractivity contribution in [2.75, 3.05) is 26.3 Å². The molecule has 0 spiro atoms. The van der Waals surface area contributed by atoms with Crippen molar-refractivity contribution in [2.45, 2.75) is 65.5 Å². The lowest BCUT2D eigenvalue weighted by atomic mass is 9.84. The van der Waals surface area contributed by atoms with Gasteiger partial charge in [-0.15, -0.1) is 0 Å². The molecule has 2 saturated heterocycles. The lowest BCUT2D eigenvalue weighted by molar-refractivity contribution is -0.128. The van der Waals surface area contributed by atoms with Crippen LogP contribution in [0.3, 0.4) is 0 Å². The van der Waals surface area contributed by atoms with Gasteiger partial charge in [0.1, 0.15) is 11.6 Å². The van der Waals surface area contributed by atoms with Gasteiger partial charge in [-0.25, -0.2) is 4.79 Å². The molecule has 0 radical (unpaired) electrons. The molecule has 2 aliphatic heterocycles. The lowest BCUT2D eigenvalue weighted by Gasteiger charge is -2.33. The molecule has 2 aliphatic rings. The minimum atomic E-state index is -0.565. The fourth-order valence-corrected chi connectivity index (χ4v) is 3.42. The smallest absolute Gasteiger partial charge is 0.410 e. The van der Waals surface area contributed by atoms with E-state index in [4.69, 9.17) is 9.47 Å². The largest absolute Gasteiger partial charge is 0.444 e. The molecule has 1 N–H and O–H groups in total. The van der Waals surface area contributed by atoms with Crippen LogP contribution in [0.2, 0.25) is 0 Å². The molecule has 2 amide bonds. The van der Waals surface area contributed by atoms with Gasteiger partial charge in [-0.2, -0.15) is 0 Å². The number of ether oxygens (including phenoxy) is 2. The predicted octanol–water partition coefficient (Wildman–Crippen LogP) is 2.56. The number of hydrogen-bond acceptors (Lipinski definition) is 4. The Kier molecular flexibility index (Phi) is 5.78. The highest BCUT2D eigenvalue weighted by Gasteiger charge is 2.48. The molecule has 0 aromatic heterocycles. The SMILES string of the molecule is CC(C)(C)OC(=O)N1CCC(C)(C)C1C(=O)NCC1CCCOC1. The summed E-state index contributed by atoms with van der Waals surface area (Å²) >= 11 is 0. The second-order valence-corrected chi connectivity index (χ2v) is 8.64. The van der Waals surface area contributed by atoms with Crippen LogP contribution in [0.1, 0.15) is 53.9 Å². The summed E-state index contributed by atoms with van der Waals surface area (Å²) in [5.41, 5.74) is -0.825. The maximum Gasteiger partial charge on any atom is 0.410 e. The van der Waals surface area contributed by atoms with Crippen molar-refractivity contribution in [1.29, 1.82) is 0 Å². The summed E-state index contributed by atoms with van der Waals surface area (Å²) in [6.07, 6.45) is 2.50. The van der Waals surface area contributed by atoms with Gasteiger partial charge >= 0.3 is 6.09 Å². The molecule has 6 heteroatoms. The maximum absolute atomic E-state index is 12.8. The maximum atomic E-state index is 12.8. The number of hydrogen-bond donors (Lipinski definition) is 1. The highest BCUT2D eigenvalue weighted by molar-refractivity contribution is 5.87. The van der Waals surface area contributed by atoms with E-state index in [0.717, 1.165) is 25.9 Å². The van der Waals surface area contributed by atoms with Crippen LogP contribution in [0.15, 0.2) is 0 Å². The number of nitrogens with zero attached hydrogens (tertiary/aromatic N) is 1. The van der Waals surface area contributed by atoms with E-state index in [1.165, 1.54) is 0 Å². The average molecular weight is 340 g/mol. The Morgan fingerprint density at radius 1 is 1.33 bits per heavy atom. The van der Waals surface area contributed by atoms with Crippen molar-refractivity contribution in [3.05, 3.63) is 0 Å². The first-order valence-electron chi connectivity index (χ1n) is 8.95. The highest BCUT2D eigenvalue weighted by atomic mass is 16.6. The van der Waals surface area contributed by atoms with E-state index in [-0.39, 0.29) is 11.3 Å². The van der Waals surface area contributed by atoms with Crippen LogP contribution in [0.25, 0.3) is 0 Å². The quantitative estimate of drug-likeness (QED) is 0.857. The zero-order valence-electron chi connectivity index (χ0n) is 15.7. The molecular weight excluding hydrogens is 308 g/mol. The third-order valence-corrected chi connectivity index (χ3v) is 4.74. The van der Waals surface area contributed by atoms with Crippen LogP contribution in [0, 0.1) is 11.3 Å². The fraction of sp³-hybridized carbons (Fsp3) is 0.889. The molecular formula is C18H32N2O4. The highest BCUT2D eigenvalue weighted by Crippen LogP contribution is 2.37. The Morgan fingerprint density at radius 3 is 2.62 bits per heavy atom. The van der Waals surface area contributed by atoms with Crippen LogP contribution in [-0.2, 0) is 14.3 Å². The molecule has 24 heavy (non-hydrogen) atoms. The number of carbonyl (C=O) groups is 2. The van der Waals surface area contributed by atoms with Gasteiger partial charge in [0.2, 0.25) is 5.91 Å². The normalized spacial score (nSPS) is 27.0. The molecule has 2 heterocycles. The monoisotopic (exact) mass is 340 g/mol. The van der Waals surface area contributed by atoms with Crippen LogP contribution in [0.4, 0.5) is 4.79 Å². The Morgan fingerprint density at radius 2 is 2.04 bits per heavy atom. The van der Waals surface area contributed by atoms with E-state index < -0.39 is 17.7 Å². The summed E-state index contributed by atoms with van der Waals surface area (Å²) in [6.45, 7) is 12.2. The predicted molar refractivity (Wildman–Crippen MR) is 91.7 cm³/mol.